The average molecular weight is 225 g/mol. The highest BCUT2D eigenvalue weighted by atomic mass is 32.1. The van der Waals surface area contributed by atoms with E-state index in [0.717, 1.165) is 24.3 Å². The predicted molar refractivity (Wildman–Crippen MR) is 60.2 cm³/mol. The van der Waals surface area contributed by atoms with Crippen molar-refractivity contribution in [2.24, 2.45) is 0 Å². The van der Waals surface area contributed by atoms with Gasteiger partial charge in [-0.1, -0.05) is 6.07 Å². The first kappa shape index (κ1) is 10.6. The molecule has 0 aromatic carbocycles. The van der Waals surface area contributed by atoms with Gasteiger partial charge in [0.15, 0.2) is 0 Å². The third-order valence-electron chi connectivity index (χ3n) is 2.60. The molecule has 2 heterocycles. The van der Waals surface area contributed by atoms with E-state index in [2.05, 4.69) is 5.32 Å². The van der Waals surface area contributed by atoms with Crippen molar-refractivity contribution in [2.75, 3.05) is 13.2 Å². The van der Waals surface area contributed by atoms with Gasteiger partial charge in [-0.3, -0.25) is 4.79 Å². The van der Waals surface area contributed by atoms with Gasteiger partial charge >= 0.3 is 0 Å². The molecule has 0 radical (unpaired) electrons. The SMILES string of the molecule is CC1(NC(=O)c2cccs2)CCCOC1. The highest BCUT2D eigenvalue weighted by molar-refractivity contribution is 7.12. The summed E-state index contributed by atoms with van der Waals surface area (Å²) in [4.78, 5) is 12.6. The maximum atomic E-state index is 11.8. The van der Waals surface area contributed by atoms with E-state index in [1.807, 2.05) is 24.4 Å². The summed E-state index contributed by atoms with van der Waals surface area (Å²) < 4.78 is 5.39. The first-order chi connectivity index (χ1) is 7.20. The van der Waals surface area contributed by atoms with Crippen molar-refractivity contribution in [3.05, 3.63) is 22.4 Å². The summed E-state index contributed by atoms with van der Waals surface area (Å²) in [6.07, 6.45) is 2.01. The standard InChI is InChI=1S/C11H15NO2S/c1-11(5-3-6-14-8-11)12-10(13)9-4-2-7-15-9/h2,4,7H,3,5-6,8H2,1H3,(H,12,13). The van der Waals surface area contributed by atoms with Crippen LogP contribution in [-0.2, 0) is 4.74 Å². The Balaban J connectivity index is 1.98. The van der Waals surface area contributed by atoms with Crippen molar-refractivity contribution >= 4 is 17.2 Å². The molecule has 0 saturated carbocycles. The smallest absolute Gasteiger partial charge is 0.261 e. The van der Waals surface area contributed by atoms with E-state index in [-0.39, 0.29) is 11.4 Å². The molecule has 0 bridgehead atoms. The number of amides is 1. The summed E-state index contributed by atoms with van der Waals surface area (Å²) >= 11 is 1.47. The van der Waals surface area contributed by atoms with E-state index in [1.54, 1.807) is 0 Å². The molecular formula is C11H15NO2S. The van der Waals surface area contributed by atoms with Crippen LogP contribution in [0.15, 0.2) is 17.5 Å². The van der Waals surface area contributed by atoms with E-state index in [9.17, 15) is 4.79 Å². The molecule has 2 rings (SSSR count). The van der Waals surface area contributed by atoms with E-state index >= 15 is 0 Å². The van der Waals surface area contributed by atoms with Crippen molar-refractivity contribution in [3.8, 4) is 0 Å². The molecule has 1 saturated heterocycles. The molecule has 1 aromatic rings. The number of carbonyl (C=O) groups excluding carboxylic acids is 1. The molecule has 1 aliphatic rings. The number of thiophene rings is 1. The zero-order valence-electron chi connectivity index (χ0n) is 8.79. The topological polar surface area (TPSA) is 38.3 Å². The first-order valence-corrected chi connectivity index (χ1v) is 6.01. The van der Waals surface area contributed by atoms with Gasteiger partial charge in [0.2, 0.25) is 0 Å². The van der Waals surface area contributed by atoms with Crippen molar-refractivity contribution in [3.63, 3.8) is 0 Å². The molecular weight excluding hydrogens is 210 g/mol. The van der Waals surface area contributed by atoms with Gasteiger partial charge in [0, 0.05) is 6.61 Å². The normalized spacial score (nSPS) is 26.2. The second kappa shape index (κ2) is 4.33. The zero-order valence-corrected chi connectivity index (χ0v) is 9.60. The lowest BCUT2D eigenvalue weighted by atomic mass is 9.95. The zero-order chi connectivity index (χ0) is 10.7. The monoisotopic (exact) mass is 225 g/mol. The van der Waals surface area contributed by atoms with E-state index in [0.29, 0.717) is 6.61 Å². The predicted octanol–water partition coefficient (Wildman–Crippen LogP) is 2.05. The Labute approximate surface area is 93.4 Å². The number of hydrogen-bond donors (Lipinski definition) is 1. The molecule has 1 amide bonds. The molecule has 0 aliphatic carbocycles. The molecule has 0 spiro atoms. The minimum atomic E-state index is -0.195. The Bertz CT molecular complexity index is 328. The first-order valence-electron chi connectivity index (χ1n) is 5.13. The van der Waals surface area contributed by atoms with Crippen LogP contribution in [0.25, 0.3) is 0 Å². The summed E-state index contributed by atoms with van der Waals surface area (Å²) in [5.41, 5.74) is -0.195. The molecule has 1 N–H and O–H groups in total. The van der Waals surface area contributed by atoms with Crippen LogP contribution in [0.5, 0.6) is 0 Å². The molecule has 1 aromatic heterocycles. The van der Waals surface area contributed by atoms with Gasteiger partial charge in [-0.25, -0.2) is 0 Å². The van der Waals surface area contributed by atoms with E-state index in [1.165, 1.54) is 11.3 Å². The lowest BCUT2D eigenvalue weighted by molar-refractivity contribution is 0.0274. The highest BCUT2D eigenvalue weighted by Gasteiger charge is 2.29. The van der Waals surface area contributed by atoms with Crippen molar-refractivity contribution in [2.45, 2.75) is 25.3 Å². The Hall–Kier alpha value is -0.870. The number of nitrogens with one attached hydrogen (secondary N) is 1. The highest BCUT2D eigenvalue weighted by Crippen LogP contribution is 2.19. The lowest BCUT2D eigenvalue weighted by Crippen LogP contribution is -2.51. The second-order valence-corrected chi connectivity index (χ2v) is 5.10. The largest absolute Gasteiger partial charge is 0.379 e. The van der Waals surface area contributed by atoms with Gasteiger partial charge in [-0.15, -0.1) is 11.3 Å². The van der Waals surface area contributed by atoms with Crippen LogP contribution < -0.4 is 5.32 Å². The van der Waals surface area contributed by atoms with Crippen LogP contribution in [-0.4, -0.2) is 24.7 Å². The summed E-state index contributed by atoms with van der Waals surface area (Å²) in [6, 6.07) is 3.73. The number of ether oxygens (including phenoxy) is 1. The number of carbonyl (C=O) groups is 1. The summed E-state index contributed by atoms with van der Waals surface area (Å²) in [5.74, 6) is 0.0120. The van der Waals surface area contributed by atoms with Gasteiger partial charge in [0.1, 0.15) is 0 Å². The van der Waals surface area contributed by atoms with Crippen LogP contribution in [0.4, 0.5) is 0 Å². The summed E-state index contributed by atoms with van der Waals surface area (Å²) in [6.45, 7) is 3.46. The van der Waals surface area contributed by atoms with Crippen LogP contribution in [0, 0.1) is 0 Å². The van der Waals surface area contributed by atoms with Gasteiger partial charge in [0.25, 0.3) is 5.91 Å². The molecule has 1 fully saturated rings. The van der Waals surface area contributed by atoms with Crippen LogP contribution in [0.1, 0.15) is 29.4 Å². The van der Waals surface area contributed by atoms with Crippen LogP contribution in [0.2, 0.25) is 0 Å². The summed E-state index contributed by atoms with van der Waals surface area (Å²) in [5, 5.41) is 4.96. The van der Waals surface area contributed by atoms with Crippen molar-refractivity contribution in [1.82, 2.24) is 5.32 Å². The van der Waals surface area contributed by atoms with E-state index in [4.69, 9.17) is 4.74 Å². The molecule has 82 valence electrons. The van der Waals surface area contributed by atoms with Crippen LogP contribution >= 0.6 is 11.3 Å². The Morgan fingerprint density at radius 1 is 1.67 bits per heavy atom. The molecule has 1 atom stereocenters. The summed E-state index contributed by atoms with van der Waals surface area (Å²) in [7, 11) is 0. The number of rotatable bonds is 2. The van der Waals surface area contributed by atoms with Gasteiger partial charge in [-0.2, -0.15) is 0 Å². The minimum absolute atomic E-state index is 0.0120. The van der Waals surface area contributed by atoms with Gasteiger partial charge < -0.3 is 10.1 Å². The van der Waals surface area contributed by atoms with Crippen LogP contribution in [0.3, 0.4) is 0 Å². The maximum Gasteiger partial charge on any atom is 0.261 e. The Kier molecular flexibility index (Phi) is 3.07. The molecule has 1 aliphatic heterocycles. The molecule has 15 heavy (non-hydrogen) atoms. The maximum absolute atomic E-state index is 11.8. The Morgan fingerprint density at radius 2 is 2.53 bits per heavy atom. The average Bonchev–Trinajstić information content (AvgIpc) is 2.70. The van der Waals surface area contributed by atoms with Crippen molar-refractivity contribution < 1.29 is 9.53 Å². The molecule has 1 unspecified atom stereocenters. The fourth-order valence-electron chi connectivity index (χ4n) is 1.78. The molecule has 3 nitrogen and oxygen atoms in total. The van der Waals surface area contributed by atoms with E-state index < -0.39 is 0 Å². The van der Waals surface area contributed by atoms with Gasteiger partial charge in [-0.05, 0) is 31.2 Å². The Morgan fingerprint density at radius 3 is 3.13 bits per heavy atom. The lowest BCUT2D eigenvalue weighted by Gasteiger charge is -2.34. The van der Waals surface area contributed by atoms with Crippen molar-refractivity contribution in [1.29, 1.82) is 0 Å². The minimum Gasteiger partial charge on any atom is -0.379 e. The second-order valence-electron chi connectivity index (χ2n) is 4.15. The molecule has 4 heteroatoms. The number of hydrogen-bond acceptors (Lipinski definition) is 3. The fraction of sp³-hybridized carbons (Fsp3) is 0.545. The quantitative estimate of drug-likeness (QED) is 0.836. The third-order valence-corrected chi connectivity index (χ3v) is 3.47. The fourth-order valence-corrected chi connectivity index (χ4v) is 2.39. The third kappa shape index (κ3) is 2.58. The van der Waals surface area contributed by atoms with Gasteiger partial charge in [0.05, 0.1) is 17.0 Å².